The van der Waals surface area contributed by atoms with Crippen LogP contribution in [-0.4, -0.2) is 53.2 Å². The minimum atomic E-state index is -0.249. The van der Waals surface area contributed by atoms with Gasteiger partial charge in [0.1, 0.15) is 6.23 Å². The second kappa shape index (κ2) is 7.44. The Morgan fingerprint density at radius 2 is 1.06 bits per heavy atom. The second-order valence-electron chi connectivity index (χ2n) is 13.9. The summed E-state index contributed by atoms with van der Waals surface area (Å²) in [5.74, 6) is 5.70. The summed E-state index contributed by atoms with van der Waals surface area (Å²) in [7, 11) is 0. The Balaban J connectivity index is 1.00. The van der Waals surface area contributed by atoms with E-state index < -0.39 is 0 Å². The fraction of sp³-hybridized carbons (Fsp3) is 0.964. The number of hydrogen-bond donors (Lipinski definition) is 1. The monoisotopic (exact) mass is 440 g/mol. The molecular formula is C28H44N2O2. The van der Waals surface area contributed by atoms with Crippen molar-refractivity contribution in [2.24, 2.45) is 46.3 Å². The molecule has 8 bridgehead atoms. The summed E-state index contributed by atoms with van der Waals surface area (Å²) >= 11 is 0. The van der Waals surface area contributed by atoms with Crippen LogP contribution < -0.4 is 0 Å². The first-order valence-corrected chi connectivity index (χ1v) is 14.2. The van der Waals surface area contributed by atoms with E-state index in [1.165, 1.54) is 77.0 Å². The highest BCUT2D eigenvalue weighted by atomic mass is 16.3. The third-order valence-corrected chi connectivity index (χ3v) is 11.5. The minimum absolute atomic E-state index is 0.00629. The molecule has 9 aliphatic rings. The van der Waals surface area contributed by atoms with Gasteiger partial charge in [0, 0.05) is 31.6 Å². The highest BCUT2D eigenvalue weighted by Gasteiger charge is 2.57. The van der Waals surface area contributed by atoms with E-state index in [1.807, 2.05) is 0 Å². The normalized spacial score (nSPS) is 51.0. The maximum Gasteiger partial charge on any atom is 0.228 e. The molecule has 1 N–H and O–H groups in total. The molecule has 0 spiro atoms. The standard InChI is InChI=1S/C28H44N2O2/c31-25(27-13-19-7-20(14-27)9-21(8-19)15-27)29-3-1-4-30(6-2-5-29)26(32)28-16-22-10-23(17-28)12-24(11-22)18-28/h19-25,31H,1-18H2. The topological polar surface area (TPSA) is 43.8 Å². The first-order chi connectivity index (χ1) is 15.5. The molecule has 1 amide bonds. The SMILES string of the molecule is O=C(N1CCCN(C(O)C23CC4CC(CC(C4)C2)C3)CCC1)C12CC3CC(CC(C3)C1)C2. The van der Waals surface area contributed by atoms with Crippen molar-refractivity contribution in [3.63, 3.8) is 0 Å². The average molecular weight is 441 g/mol. The lowest BCUT2D eigenvalue weighted by molar-refractivity contribution is -0.177. The van der Waals surface area contributed by atoms with E-state index in [-0.39, 0.29) is 17.1 Å². The number of carbonyl (C=O) groups excluding carboxylic acids is 1. The van der Waals surface area contributed by atoms with Gasteiger partial charge >= 0.3 is 0 Å². The van der Waals surface area contributed by atoms with Gasteiger partial charge in [0.2, 0.25) is 5.91 Å². The van der Waals surface area contributed by atoms with Gasteiger partial charge in [-0.1, -0.05) is 0 Å². The van der Waals surface area contributed by atoms with Gasteiger partial charge in [-0.3, -0.25) is 9.69 Å². The van der Waals surface area contributed by atoms with Crippen molar-refractivity contribution in [1.82, 2.24) is 9.80 Å². The average Bonchev–Trinajstić information content (AvgIpc) is 2.71. The molecule has 9 fully saturated rings. The summed E-state index contributed by atoms with van der Waals surface area (Å²) in [4.78, 5) is 18.5. The summed E-state index contributed by atoms with van der Waals surface area (Å²) in [5.41, 5.74) is 0.189. The molecule has 178 valence electrons. The number of carbonyl (C=O) groups is 1. The highest BCUT2D eigenvalue weighted by molar-refractivity contribution is 5.83. The number of nitrogens with zero attached hydrogens (tertiary/aromatic N) is 2. The van der Waals surface area contributed by atoms with Gasteiger partial charge < -0.3 is 10.0 Å². The molecule has 4 heteroatoms. The Kier molecular flexibility index (Phi) is 4.82. The first kappa shape index (κ1) is 20.7. The van der Waals surface area contributed by atoms with Crippen LogP contribution >= 0.6 is 0 Å². The quantitative estimate of drug-likeness (QED) is 0.694. The van der Waals surface area contributed by atoms with E-state index in [2.05, 4.69) is 9.80 Å². The molecule has 1 saturated heterocycles. The number of hydrogen-bond acceptors (Lipinski definition) is 3. The number of amides is 1. The maximum absolute atomic E-state index is 13.8. The van der Waals surface area contributed by atoms with Crippen molar-refractivity contribution < 1.29 is 9.90 Å². The smallest absolute Gasteiger partial charge is 0.228 e. The molecule has 0 aromatic carbocycles. The van der Waals surface area contributed by atoms with Gasteiger partial charge in [-0.05, 0) is 125 Å². The van der Waals surface area contributed by atoms with Crippen LogP contribution in [0.15, 0.2) is 0 Å². The van der Waals surface area contributed by atoms with Gasteiger partial charge in [-0.2, -0.15) is 0 Å². The Bertz CT molecular complexity index is 682. The Morgan fingerprint density at radius 1 is 0.656 bits per heavy atom. The first-order valence-electron chi connectivity index (χ1n) is 14.2. The van der Waals surface area contributed by atoms with E-state index in [4.69, 9.17) is 0 Å². The van der Waals surface area contributed by atoms with E-state index in [9.17, 15) is 9.90 Å². The molecule has 8 saturated carbocycles. The van der Waals surface area contributed by atoms with E-state index >= 15 is 0 Å². The van der Waals surface area contributed by atoms with Crippen LogP contribution in [0.2, 0.25) is 0 Å². The van der Waals surface area contributed by atoms with Crippen molar-refractivity contribution in [2.45, 2.75) is 96.1 Å². The zero-order valence-electron chi connectivity index (χ0n) is 20.0. The van der Waals surface area contributed by atoms with Crippen LogP contribution in [0.1, 0.15) is 89.9 Å². The fourth-order valence-corrected chi connectivity index (χ4v) is 11.2. The summed E-state index contributed by atoms with van der Waals surface area (Å²) in [6, 6.07) is 0. The van der Waals surface area contributed by atoms with Crippen LogP contribution in [0, 0.1) is 46.3 Å². The predicted molar refractivity (Wildman–Crippen MR) is 125 cm³/mol. The summed E-state index contributed by atoms with van der Waals surface area (Å²) in [6.07, 6.45) is 17.7. The Morgan fingerprint density at radius 3 is 1.50 bits per heavy atom. The molecule has 9 rings (SSSR count). The van der Waals surface area contributed by atoms with Gasteiger partial charge in [-0.15, -0.1) is 0 Å². The number of rotatable bonds is 3. The summed E-state index contributed by atoms with van der Waals surface area (Å²) in [6.45, 7) is 3.75. The van der Waals surface area contributed by atoms with E-state index in [0.717, 1.165) is 74.5 Å². The molecule has 0 aromatic heterocycles. The molecule has 1 unspecified atom stereocenters. The third kappa shape index (κ3) is 3.25. The Hall–Kier alpha value is -0.610. The Labute approximate surface area is 194 Å². The zero-order valence-corrected chi connectivity index (χ0v) is 20.0. The maximum atomic E-state index is 13.8. The molecule has 1 atom stereocenters. The van der Waals surface area contributed by atoms with Crippen LogP contribution in [-0.2, 0) is 4.79 Å². The highest BCUT2D eigenvalue weighted by Crippen LogP contribution is 2.62. The largest absolute Gasteiger partial charge is 0.378 e. The molecule has 0 aromatic rings. The summed E-state index contributed by atoms with van der Waals surface area (Å²) in [5, 5.41) is 11.6. The van der Waals surface area contributed by atoms with Crippen molar-refractivity contribution in [3.05, 3.63) is 0 Å². The van der Waals surface area contributed by atoms with E-state index in [0.29, 0.717) is 5.91 Å². The molecule has 1 heterocycles. The predicted octanol–water partition coefficient (Wildman–Crippen LogP) is 4.66. The van der Waals surface area contributed by atoms with Gasteiger partial charge in [-0.25, -0.2) is 0 Å². The molecule has 4 nitrogen and oxygen atoms in total. The molecule has 32 heavy (non-hydrogen) atoms. The molecule has 1 aliphatic heterocycles. The van der Waals surface area contributed by atoms with Gasteiger partial charge in [0.05, 0.1) is 5.41 Å². The van der Waals surface area contributed by atoms with Crippen LogP contribution in [0.5, 0.6) is 0 Å². The van der Waals surface area contributed by atoms with Crippen molar-refractivity contribution in [3.8, 4) is 0 Å². The van der Waals surface area contributed by atoms with Crippen LogP contribution in [0.25, 0.3) is 0 Å². The fourth-order valence-electron chi connectivity index (χ4n) is 11.2. The number of aliphatic hydroxyl groups excluding tert-OH is 1. The van der Waals surface area contributed by atoms with E-state index in [1.54, 1.807) is 0 Å². The lowest BCUT2D eigenvalue weighted by atomic mass is 9.49. The zero-order chi connectivity index (χ0) is 21.5. The molecular weight excluding hydrogens is 396 g/mol. The second-order valence-corrected chi connectivity index (χ2v) is 13.9. The van der Waals surface area contributed by atoms with Crippen molar-refractivity contribution in [1.29, 1.82) is 0 Å². The van der Waals surface area contributed by atoms with Crippen molar-refractivity contribution >= 4 is 5.91 Å². The molecule has 0 radical (unpaired) electrons. The third-order valence-electron chi connectivity index (χ3n) is 11.5. The van der Waals surface area contributed by atoms with Crippen LogP contribution in [0.3, 0.4) is 0 Å². The summed E-state index contributed by atoms with van der Waals surface area (Å²) < 4.78 is 0. The number of aliphatic hydroxyl groups is 1. The van der Waals surface area contributed by atoms with Crippen LogP contribution in [0.4, 0.5) is 0 Å². The molecule has 8 aliphatic carbocycles. The lowest BCUT2D eigenvalue weighted by Crippen LogP contribution is -2.58. The lowest BCUT2D eigenvalue weighted by Gasteiger charge is -2.60. The van der Waals surface area contributed by atoms with Gasteiger partial charge in [0.15, 0.2) is 0 Å². The van der Waals surface area contributed by atoms with Crippen molar-refractivity contribution in [2.75, 3.05) is 26.2 Å². The minimum Gasteiger partial charge on any atom is -0.378 e. The van der Waals surface area contributed by atoms with Gasteiger partial charge in [0.25, 0.3) is 0 Å².